The third-order valence-corrected chi connectivity index (χ3v) is 3.26. The first-order valence-corrected chi connectivity index (χ1v) is 6.16. The zero-order valence-electron chi connectivity index (χ0n) is 10.5. The van der Waals surface area contributed by atoms with Crippen molar-refractivity contribution in [2.75, 3.05) is 19.7 Å². The van der Waals surface area contributed by atoms with Crippen LogP contribution in [-0.2, 0) is 14.3 Å². The minimum Gasteiger partial charge on any atom is -0.481 e. The number of ether oxygens (including phenoxy) is 1. The van der Waals surface area contributed by atoms with Crippen molar-refractivity contribution in [1.82, 2.24) is 4.90 Å². The predicted octanol–water partition coefficient (Wildman–Crippen LogP) is 1.12. The van der Waals surface area contributed by atoms with Crippen LogP contribution in [0.3, 0.4) is 0 Å². The number of carbonyl (C=O) groups excluding carboxylic acids is 1. The molecule has 1 unspecified atom stereocenters. The smallest absolute Gasteiger partial charge is 0.306 e. The average molecular weight is 243 g/mol. The molecule has 0 aromatic rings. The van der Waals surface area contributed by atoms with Gasteiger partial charge in [-0.3, -0.25) is 9.59 Å². The standard InChI is InChI=1S/C12H21NO4/c1-3-9(2)17-8-11(14)13-6-4-10(5-7-13)12(15)16/h9-10H,3-8H2,1-2H3,(H,15,16). The maximum absolute atomic E-state index is 11.7. The van der Waals surface area contributed by atoms with Gasteiger partial charge in [-0.25, -0.2) is 0 Å². The SMILES string of the molecule is CCC(C)OCC(=O)N1CCC(C(=O)O)CC1. The topological polar surface area (TPSA) is 66.8 Å². The fourth-order valence-corrected chi connectivity index (χ4v) is 1.80. The van der Waals surface area contributed by atoms with Crippen molar-refractivity contribution in [3.63, 3.8) is 0 Å². The van der Waals surface area contributed by atoms with Crippen LogP contribution in [0.2, 0.25) is 0 Å². The highest BCUT2D eigenvalue weighted by Gasteiger charge is 2.26. The summed E-state index contributed by atoms with van der Waals surface area (Å²) < 4.78 is 5.37. The first-order valence-electron chi connectivity index (χ1n) is 6.16. The number of carboxylic acids is 1. The van der Waals surface area contributed by atoms with E-state index in [1.165, 1.54) is 0 Å². The largest absolute Gasteiger partial charge is 0.481 e. The molecule has 1 amide bonds. The molecule has 17 heavy (non-hydrogen) atoms. The summed E-state index contributed by atoms with van der Waals surface area (Å²) in [7, 11) is 0. The minimum absolute atomic E-state index is 0.0332. The van der Waals surface area contributed by atoms with Gasteiger partial charge in [-0.05, 0) is 26.2 Å². The van der Waals surface area contributed by atoms with Crippen LogP contribution in [0.25, 0.3) is 0 Å². The minimum atomic E-state index is -0.757. The number of carbonyl (C=O) groups is 2. The van der Waals surface area contributed by atoms with E-state index in [1.807, 2.05) is 13.8 Å². The van der Waals surface area contributed by atoms with Crippen LogP contribution < -0.4 is 0 Å². The van der Waals surface area contributed by atoms with Crippen molar-refractivity contribution in [2.45, 2.75) is 39.2 Å². The molecule has 1 aliphatic rings. The van der Waals surface area contributed by atoms with Gasteiger partial charge in [0.2, 0.25) is 5.91 Å². The number of piperidine rings is 1. The summed E-state index contributed by atoms with van der Waals surface area (Å²) in [4.78, 5) is 24.2. The number of hydrogen-bond acceptors (Lipinski definition) is 3. The molecule has 0 spiro atoms. The molecule has 0 radical (unpaired) electrons. The molecule has 1 atom stereocenters. The quantitative estimate of drug-likeness (QED) is 0.786. The Morgan fingerprint density at radius 3 is 2.47 bits per heavy atom. The van der Waals surface area contributed by atoms with Crippen molar-refractivity contribution < 1.29 is 19.4 Å². The third-order valence-electron chi connectivity index (χ3n) is 3.26. The van der Waals surface area contributed by atoms with Gasteiger partial charge >= 0.3 is 5.97 Å². The maximum Gasteiger partial charge on any atom is 0.306 e. The molecule has 98 valence electrons. The van der Waals surface area contributed by atoms with E-state index in [0.717, 1.165) is 6.42 Å². The number of aliphatic carboxylic acids is 1. The summed E-state index contributed by atoms with van der Waals surface area (Å²) in [5.74, 6) is -1.09. The lowest BCUT2D eigenvalue weighted by molar-refractivity contribution is -0.147. The zero-order valence-corrected chi connectivity index (χ0v) is 10.5. The van der Waals surface area contributed by atoms with Crippen molar-refractivity contribution in [3.05, 3.63) is 0 Å². The molecule has 1 saturated heterocycles. The molecule has 1 rings (SSSR count). The number of carboxylic acid groups (broad SMARTS) is 1. The first-order chi connectivity index (χ1) is 8.04. The Morgan fingerprint density at radius 1 is 1.41 bits per heavy atom. The van der Waals surface area contributed by atoms with Gasteiger partial charge in [0.25, 0.3) is 0 Å². The van der Waals surface area contributed by atoms with Gasteiger partial charge in [0.1, 0.15) is 6.61 Å². The average Bonchev–Trinajstić information content (AvgIpc) is 2.35. The molecule has 0 aromatic carbocycles. The highest BCUT2D eigenvalue weighted by Crippen LogP contribution is 2.17. The lowest BCUT2D eigenvalue weighted by atomic mass is 9.97. The van der Waals surface area contributed by atoms with Crippen molar-refractivity contribution in [2.24, 2.45) is 5.92 Å². The number of likely N-dealkylation sites (tertiary alicyclic amines) is 1. The highest BCUT2D eigenvalue weighted by atomic mass is 16.5. The van der Waals surface area contributed by atoms with Crippen LogP contribution in [0.5, 0.6) is 0 Å². The van der Waals surface area contributed by atoms with Gasteiger partial charge < -0.3 is 14.7 Å². The number of nitrogens with zero attached hydrogens (tertiary/aromatic N) is 1. The second-order valence-electron chi connectivity index (χ2n) is 4.52. The molecule has 5 nitrogen and oxygen atoms in total. The summed E-state index contributed by atoms with van der Waals surface area (Å²) in [6, 6.07) is 0. The molecule has 0 aliphatic carbocycles. The van der Waals surface area contributed by atoms with Crippen molar-refractivity contribution >= 4 is 11.9 Å². The van der Waals surface area contributed by atoms with E-state index in [1.54, 1.807) is 4.90 Å². The predicted molar refractivity (Wildman–Crippen MR) is 62.6 cm³/mol. The van der Waals surface area contributed by atoms with Gasteiger partial charge in [0.05, 0.1) is 12.0 Å². The summed E-state index contributed by atoms with van der Waals surface area (Å²) in [5, 5.41) is 8.84. The second-order valence-corrected chi connectivity index (χ2v) is 4.52. The fraction of sp³-hybridized carbons (Fsp3) is 0.833. The number of rotatable bonds is 5. The molecule has 0 bridgehead atoms. The highest BCUT2D eigenvalue weighted by molar-refractivity contribution is 5.78. The van der Waals surface area contributed by atoms with Gasteiger partial charge in [-0.1, -0.05) is 6.92 Å². The Morgan fingerprint density at radius 2 is 2.00 bits per heavy atom. The summed E-state index contributed by atoms with van der Waals surface area (Å²) >= 11 is 0. The summed E-state index contributed by atoms with van der Waals surface area (Å²) in [6.45, 7) is 5.10. The van der Waals surface area contributed by atoms with E-state index >= 15 is 0 Å². The van der Waals surface area contributed by atoms with Gasteiger partial charge in [0, 0.05) is 13.1 Å². The van der Waals surface area contributed by atoms with E-state index in [-0.39, 0.29) is 24.5 Å². The fourth-order valence-electron chi connectivity index (χ4n) is 1.80. The van der Waals surface area contributed by atoms with E-state index in [0.29, 0.717) is 25.9 Å². The van der Waals surface area contributed by atoms with E-state index in [9.17, 15) is 9.59 Å². The summed E-state index contributed by atoms with van der Waals surface area (Å²) in [6.07, 6.45) is 2.07. The normalized spacial score (nSPS) is 19.1. The maximum atomic E-state index is 11.7. The molecule has 1 aliphatic heterocycles. The lowest BCUT2D eigenvalue weighted by Gasteiger charge is -2.30. The van der Waals surface area contributed by atoms with Crippen LogP contribution in [0.1, 0.15) is 33.1 Å². The molecular weight excluding hydrogens is 222 g/mol. The molecule has 1 heterocycles. The van der Waals surface area contributed by atoms with Gasteiger partial charge in [0.15, 0.2) is 0 Å². The van der Waals surface area contributed by atoms with E-state index in [4.69, 9.17) is 9.84 Å². The molecule has 0 aromatic heterocycles. The molecule has 1 N–H and O–H groups in total. The van der Waals surface area contributed by atoms with E-state index in [2.05, 4.69) is 0 Å². The second kappa shape index (κ2) is 6.59. The third kappa shape index (κ3) is 4.34. The van der Waals surface area contributed by atoms with Gasteiger partial charge in [-0.15, -0.1) is 0 Å². The number of amides is 1. The molecule has 0 saturated carbocycles. The lowest BCUT2D eigenvalue weighted by Crippen LogP contribution is -2.42. The Hall–Kier alpha value is -1.10. The van der Waals surface area contributed by atoms with Crippen LogP contribution in [0.4, 0.5) is 0 Å². The van der Waals surface area contributed by atoms with Crippen LogP contribution in [0, 0.1) is 5.92 Å². The zero-order chi connectivity index (χ0) is 12.8. The van der Waals surface area contributed by atoms with E-state index < -0.39 is 5.97 Å². The van der Waals surface area contributed by atoms with Crippen molar-refractivity contribution in [3.8, 4) is 0 Å². The Labute approximate surface area is 102 Å². The first kappa shape index (κ1) is 14.0. The van der Waals surface area contributed by atoms with Crippen LogP contribution >= 0.6 is 0 Å². The van der Waals surface area contributed by atoms with Crippen molar-refractivity contribution in [1.29, 1.82) is 0 Å². The molecule has 1 fully saturated rings. The molecular formula is C12H21NO4. The number of hydrogen-bond donors (Lipinski definition) is 1. The monoisotopic (exact) mass is 243 g/mol. The van der Waals surface area contributed by atoms with Crippen LogP contribution in [-0.4, -0.2) is 47.7 Å². The van der Waals surface area contributed by atoms with Gasteiger partial charge in [-0.2, -0.15) is 0 Å². The Balaban J connectivity index is 2.28. The Bertz CT molecular complexity index is 272. The summed E-state index contributed by atoms with van der Waals surface area (Å²) in [5.41, 5.74) is 0. The Kier molecular flexibility index (Phi) is 5.41. The van der Waals surface area contributed by atoms with Crippen LogP contribution in [0.15, 0.2) is 0 Å². The molecule has 5 heteroatoms.